The maximum absolute atomic E-state index is 13.5. The number of carbonyl (C=O) groups is 6. The minimum atomic E-state index is -1.41. The van der Waals surface area contributed by atoms with Crippen molar-refractivity contribution in [3.05, 3.63) is 0 Å². The first-order valence-corrected chi connectivity index (χ1v) is 25.7. The van der Waals surface area contributed by atoms with Crippen molar-refractivity contribution in [3.8, 4) is 0 Å². The van der Waals surface area contributed by atoms with Crippen LogP contribution in [0.1, 0.15) is 214 Å². The number of hydrogen-bond acceptors (Lipinski definition) is 14. The third-order valence-corrected chi connectivity index (χ3v) is 11.5. The van der Waals surface area contributed by atoms with Gasteiger partial charge in [-0.05, 0) is 77.3 Å². The molecule has 0 saturated heterocycles. The largest absolute Gasteiger partial charge is 0.466 e. The van der Waals surface area contributed by atoms with Gasteiger partial charge in [-0.15, -0.1) is 0 Å². The topological polar surface area (TPSA) is 181 Å². The lowest BCUT2D eigenvalue weighted by molar-refractivity contribution is -0.171. The molecule has 0 saturated carbocycles. The Balaban J connectivity index is 5.87. The van der Waals surface area contributed by atoms with Gasteiger partial charge in [0.15, 0.2) is 0 Å². The molecule has 0 aromatic heterocycles. The van der Waals surface area contributed by atoms with Crippen LogP contribution in [0, 0.1) is 11.3 Å². The number of rotatable bonds is 46. The number of esters is 6. The molecule has 0 rings (SSSR count). The summed E-state index contributed by atoms with van der Waals surface area (Å²) in [5, 5.41) is 9.23. The van der Waals surface area contributed by atoms with Crippen molar-refractivity contribution in [2.45, 2.75) is 214 Å². The lowest BCUT2D eigenvalue weighted by Gasteiger charge is -2.32. The Morgan fingerprint density at radius 2 is 0.754 bits per heavy atom. The molecule has 0 aromatic rings. The number of aliphatic hydroxyl groups excluding tert-OH is 1. The zero-order valence-corrected chi connectivity index (χ0v) is 41.7. The molecule has 0 bridgehead atoms. The van der Waals surface area contributed by atoms with E-state index in [0.717, 1.165) is 116 Å². The number of nitrogens with zero attached hydrogens (tertiary/aromatic N) is 1. The van der Waals surface area contributed by atoms with E-state index in [9.17, 15) is 33.9 Å². The van der Waals surface area contributed by atoms with Crippen molar-refractivity contribution in [2.75, 3.05) is 66.4 Å². The molecule has 0 fully saturated rings. The van der Waals surface area contributed by atoms with Crippen LogP contribution in [-0.4, -0.2) is 112 Å². The summed E-state index contributed by atoms with van der Waals surface area (Å²) in [5.41, 5.74) is -1.41. The Kier molecular flexibility index (Phi) is 41.1. The molecule has 0 unspecified atom stereocenters. The summed E-state index contributed by atoms with van der Waals surface area (Å²) >= 11 is 0. The van der Waals surface area contributed by atoms with Gasteiger partial charge in [0.1, 0.15) is 31.8 Å². The van der Waals surface area contributed by atoms with E-state index in [4.69, 9.17) is 28.4 Å². The molecule has 14 nitrogen and oxygen atoms in total. The van der Waals surface area contributed by atoms with Crippen LogP contribution in [0.4, 0.5) is 0 Å². The molecule has 0 heterocycles. The van der Waals surface area contributed by atoms with E-state index in [0.29, 0.717) is 58.4 Å². The first-order valence-electron chi connectivity index (χ1n) is 25.7. The Labute approximate surface area is 393 Å². The number of likely N-dealkylation sites (N-methyl/N-ethyl adjacent to an activating group) is 1. The van der Waals surface area contributed by atoms with Crippen LogP contribution >= 0.6 is 0 Å². The fraction of sp³-hybridized carbons (Fsp3) is 0.882. The predicted octanol–water partition coefficient (Wildman–Crippen LogP) is 10.2. The maximum Gasteiger partial charge on any atom is 0.306 e. The molecule has 0 aliphatic rings. The standard InChI is InChI=1S/C51H93NO13/c1-6-10-14-16-24-37-60-45(54)29-20-22-31-47(56)62-40-51(42-64-49(58)33-26-34-52(5)35-36-53,43-65-50(59)39-44(27-18-12-8-3)28-19-13-9-4)41-63-48(57)32-23-21-30-46(55)61-38-25-17-15-11-7-2/h44,53H,6-43H2,1-5H3. The average Bonchev–Trinajstić information content (AvgIpc) is 3.28. The second-order valence-corrected chi connectivity index (χ2v) is 18.0. The zero-order valence-electron chi connectivity index (χ0n) is 41.7. The van der Waals surface area contributed by atoms with Crippen molar-refractivity contribution in [1.82, 2.24) is 4.90 Å². The zero-order chi connectivity index (χ0) is 48.2. The maximum atomic E-state index is 13.5. The van der Waals surface area contributed by atoms with Gasteiger partial charge in [-0.2, -0.15) is 0 Å². The number of unbranched alkanes of at least 4 members (excludes halogenated alkanes) is 14. The summed E-state index contributed by atoms with van der Waals surface area (Å²) in [6.45, 7) is 8.97. The summed E-state index contributed by atoms with van der Waals surface area (Å²) in [7, 11) is 1.84. The third kappa shape index (κ3) is 38.5. The van der Waals surface area contributed by atoms with E-state index < -0.39 is 29.3 Å². The second-order valence-electron chi connectivity index (χ2n) is 18.0. The van der Waals surface area contributed by atoms with Gasteiger partial charge in [-0.1, -0.05) is 118 Å². The molecule has 1 N–H and O–H groups in total. The predicted molar refractivity (Wildman–Crippen MR) is 253 cm³/mol. The van der Waals surface area contributed by atoms with E-state index >= 15 is 0 Å². The molecule has 0 radical (unpaired) electrons. The Morgan fingerprint density at radius 3 is 1.14 bits per heavy atom. The molecule has 14 heteroatoms. The fourth-order valence-corrected chi connectivity index (χ4v) is 7.19. The third-order valence-electron chi connectivity index (χ3n) is 11.5. The van der Waals surface area contributed by atoms with Gasteiger partial charge in [0.05, 0.1) is 19.8 Å². The van der Waals surface area contributed by atoms with E-state index in [2.05, 4.69) is 27.7 Å². The first-order chi connectivity index (χ1) is 31.4. The van der Waals surface area contributed by atoms with Crippen LogP contribution < -0.4 is 0 Å². The lowest BCUT2D eigenvalue weighted by atomic mass is 9.91. The number of ether oxygens (including phenoxy) is 6. The highest BCUT2D eigenvalue weighted by Gasteiger charge is 2.38. The molecule has 380 valence electrons. The second kappa shape index (κ2) is 43.3. The van der Waals surface area contributed by atoms with Crippen molar-refractivity contribution in [3.63, 3.8) is 0 Å². The number of hydrogen-bond donors (Lipinski definition) is 1. The lowest BCUT2D eigenvalue weighted by Crippen LogP contribution is -2.44. The quantitative estimate of drug-likeness (QED) is 0.0346. The summed E-state index contributed by atoms with van der Waals surface area (Å²) < 4.78 is 33.8. The Morgan fingerprint density at radius 1 is 0.415 bits per heavy atom. The van der Waals surface area contributed by atoms with Crippen LogP contribution in [-0.2, 0) is 57.2 Å². The minimum absolute atomic E-state index is 0.00452. The van der Waals surface area contributed by atoms with E-state index in [1.165, 1.54) is 0 Å². The molecule has 0 amide bonds. The van der Waals surface area contributed by atoms with Gasteiger partial charge < -0.3 is 38.4 Å². The summed E-state index contributed by atoms with van der Waals surface area (Å²) in [6.07, 6.45) is 21.5. The van der Waals surface area contributed by atoms with Crippen LogP contribution in [0.25, 0.3) is 0 Å². The van der Waals surface area contributed by atoms with Crippen molar-refractivity contribution in [1.29, 1.82) is 0 Å². The van der Waals surface area contributed by atoms with Gasteiger partial charge in [-0.25, -0.2) is 0 Å². The molecule has 65 heavy (non-hydrogen) atoms. The van der Waals surface area contributed by atoms with Crippen molar-refractivity contribution in [2.24, 2.45) is 11.3 Å². The van der Waals surface area contributed by atoms with Crippen LogP contribution in [0.15, 0.2) is 0 Å². The van der Waals surface area contributed by atoms with Gasteiger partial charge in [0.2, 0.25) is 0 Å². The van der Waals surface area contributed by atoms with Crippen molar-refractivity contribution >= 4 is 35.8 Å². The molecule has 0 spiro atoms. The monoisotopic (exact) mass is 928 g/mol. The molecule has 0 atom stereocenters. The van der Waals surface area contributed by atoms with Crippen LogP contribution in [0.3, 0.4) is 0 Å². The Hall–Kier alpha value is -3.26. The Bertz CT molecular complexity index is 1170. The van der Waals surface area contributed by atoms with E-state index in [1.807, 2.05) is 11.9 Å². The van der Waals surface area contributed by atoms with Crippen LogP contribution in [0.5, 0.6) is 0 Å². The highest BCUT2D eigenvalue weighted by atomic mass is 16.6. The fourth-order valence-electron chi connectivity index (χ4n) is 7.19. The SMILES string of the molecule is CCCCCCCOC(=O)CCCCC(=O)OCC(COC(=O)CCCCC(=O)OCCCCCCC)(COC(=O)CCCN(C)CCO)COC(=O)CC(CCCCC)CCCCC. The summed E-state index contributed by atoms with van der Waals surface area (Å²) in [6, 6.07) is 0. The van der Waals surface area contributed by atoms with E-state index in [-0.39, 0.29) is 89.4 Å². The van der Waals surface area contributed by atoms with Crippen molar-refractivity contribution < 1.29 is 62.3 Å². The molecule has 0 aliphatic heterocycles. The normalized spacial score (nSPS) is 11.4. The van der Waals surface area contributed by atoms with Gasteiger partial charge in [-0.3, -0.25) is 28.8 Å². The highest BCUT2D eigenvalue weighted by molar-refractivity contribution is 5.72. The number of aliphatic hydroxyl groups is 1. The molecular weight excluding hydrogens is 835 g/mol. The average molecular weight is 928 g/mol. The van der Waals surface area contributed by atoms with Gasteiger partial charge >= 0.3 is 35.8 Å². The van der Waals surface area contributed by atoms with Crippen LogP contribution in [0.2, 0.25) is 0 Å². The van der Waals surface area contributed by atoms with E-state index in [1.54, 1.807) is 0 Å². The summed E-state index contributed by atoms with van der Waals surface area (Å²) in [4.78, 5) is 79.2. The molecule has 0 aromatic carbocycles. The smallest absolute Gasteiger partial charge is 0.306 e. The van der Waals surface area contributed by atoms with Gasteiger partial charge in [0, 0.05) is 45.1 Å². The number of carbonyl (C=O) groups excluding carboxylic acids is 6. The minimum Gasteiger partial charge on any atom is -0.466 e. The highest BCUT2D eigenvalue weighted by Crippen LogP contribution is 2.26. The summed E-state index contributed by atoms with van der Waals surface area (Å²) in [5.74, 6) is -2.52. The first kappa shape index (κ1) is 61.7. The van der Waals surface area contributed by atoms with Gasteiger partial charge in [0.25, 0.3) is 0 Å². The molecular formula is C51H93NO13. The molecule has 0 aliphatic carbocycles.